The Hall–Kier alpha value is -5.14. The number of aryl methyl sites for hydroxylation is 1. The molecule has 0 aliphatic carbocycles. The molecule has 1 atom stereocenters. The maximum Gasteiger partial charge on any atom is 0.272 e. The second-order valence-electron chi connectivity index (χ2n) is 10.0. The minimum absolute atomic E-state index is 0.0923. The van der Waals surface area contributed by atoms with Crippen LogP contribution in [0.1, 0.15) is 28.4 Å². The van der Waals surface area contributed by atoms with Gasteiger partial charge in [-0.25, -0.2) is 0 Å². The first-order valence-electron chi connectivity index (χ1n) is 13.9. The van der Waals surface area contributed by atoms with E-state index in [2.05, 4.69) is 16.0 Å². The van der Waals surface area contributed by atoms with E-state index in [0.29, 0.717) is 11.3 Å². The van der Waals surface area contributed by atoms with E-state index in [4.69, 9.17) is 0 Å². The predicted octanol–water partition coefficient (Wildman–Crippen LogP) is 7.68. The lowest BCUT2D eigenvalue weighted by molar-refractivity contribution is -0.115. The number of hydrogen-bond donors (Lipinski definition) is 3. The SMILES string of the molecule is Cc1cccc(NC(=O)C(C)Sc2ccc(NC(=O)/C(=C/c3cccc4ccccc34)NC(=O)c3ccccc3)cc2)c1. The molecule has 0 bridgehead atoms. The molecule has 0 aliphatic heterocycles. The van der Waals surface area contributed by atoms with Gasteiger partial charge in [-0.05, 0) is 90.4 Å². The minimum atomic E-state index is -0.455. The van der Waals surface area contributed by atoms with Crippen molar-refractivity contribution in [3.63, 3.8) is 0 Å². The van der Waals surface area contributed by atoms with E-state index in [1.54, 1.807) is 42.5 Å². The number of thioether (sulfide) groups is 1. The van der Waals surface area contributed by atoms with Crippen LogP contribution in [-0.4, -0.2) is 23.0 Å². The molecule has 0 radical (unpaired) electrons. The number of nitrogens with one attached hydrogen (secondary N) is 3. The van der Waals surface area contributed by atoms with Crippen LogP contribution >= 0.6 is 11.8 Å². The van der Waals surface area contributed by atoms with Crippen LogP contribution in [0.5, 0.6) is 0 Å². The number of carbonyl (C=O) groups is 3. The zero-order valence-corrected chi connectivity index (χ0v) is 24.7. The molecule has 3 N–H and O–H groups in total. The molecule has 5 rings (SSSR count). The Morgan fingerprint density at radius 2 is 1.42 bits per heavy atom. The van der Waals surface area contributed by atoms with Gasteiger partial charge in [0.1, 0.15) is 5.70 Å². The quantitative estimate of drug-likeness (QED) is 0.122. The topological polar surface area (TPSA) is 87.3 Å². The Bertz CT molecular complexity index is 1800. The van der Waals surface area contributed by atoms with Crippen molar-refractivity contribution in [2.24, 2.45) is 0 Å². The third-order valence-corrected chi connectivity index (χ3v) is 7.84. The van der Waals surface area contributed by atoms with Gasteiger partial charge in [0.25, 0.3) is 11.8 Å². The molecule has 0 fully saturated rings. The molecule has 6 nitrogen and oxygen atoms in total. The first-order valence-corrected chi connectivity index (χ1v) is 14.8. The van der Waals surface area contributed by atoms with E-state index in [1.807, 2.05) is 98.8 Å². The molecule has 43 heavy (non-hydrogen) atoms. The normalized spacial score (nSPS) is 11.9. The third-order valence-electron chi connectivity index (χ3n) is 6.73. The standard InChI is InChI=1S/C36H31N3O3S/c1-24-10-8-16-30(22-24)38-34(40)25(2)43-31-20-18-29(19-21-31)37-36(42)33(39-35(41)27-12-4-3-5-13-27)23-28-15-9-14-26-11-6-7-17-32(26)28/h3-23,25H,1-2H3,(H,37,42)(H,38,40)(H,39,41)/b33-23-. The summed E-state index contributed by atoms with van der Waals surface area (Å²) >= 11 is 1.42. The number of amides is 3. The number of rotatable bonds is 9. The van der Waals surface area contributed by atoms with E-state index in [1.165, 1.54) is 11.8 Å². The Kier molecular flexibility index (Phi) is 9.34. The van der Waals surface area contributed by atoms with Crippen LogP contribution in [0.4, 0.5) is 11.4 Å². The molecule has 3 amide bonds. The van der Waals surface area contributed by atoms with Crippen molar-refractivity contribution in [1.29, 1.82) is 0 Å². The Morgan fingerprint density at radius 3 is 2.19 bits per heavy atom. The van der Waals surface area contributed by atoms with Crippen molar-refractivity contribution in [1.82, 2.24) is 5.32 Å². The highest BCUT2D eigenvalue weighted by molar-refractivity contribution is 8.00. The van der Waals surface area contributed by atoms with E-state index in [9.17, 15) is 14.4 Å². The number of hydrogen-bond acceptors (Lipinski definition) is 4. The molecular formula is C36H31N3O3S. The molecule has 5 aromatic carbocycles. The van der Waals surface area contributed by atoms with Crippen molar-refractivity contribution in [2.45, 2.75) is 24.0 Å². The van der Waals surface area contributed by atoms with Crippen LogP contribution in [-0.2, 0) is 9.59 Å². The van der Waals surface area contributed by atoms with Crippen LogP contribution < -0.4 is 16.0 Å². The van der Waals surface area contributed by atoms with E-state index < -0.39 is 5.91 Å². The molecule has 7 heteroatoms. The Balaban J connectivity index is 1.31. The average Bonchev–Trinajstić information content (AvgIpc) is 3.02. The maximum absolute atomic E-state index is 13.5. The largest absolute Gasteiger partial charge is 0.325 e. The van der Waals surface area contributed by atoms with Crippen LogP contribution in [0, 0.1) is 6.92 Å². The summed E-state index contributed by atoms with van der Waals surface area (Å²) in [6.07, 6.45) is 1.69. The van der Waals surface area contributed by atoms with Gasteiger partial charge in [-0.2, -0.15) is 0 Å². The fraction of sp³-hybridized carbons (Fsp3) is 0.0833. The summed E-state index contributed by atoms with van der Waals surface area (Å²) in [5.41, 5.74) is 3.77. The zero-order chi connectivity index (χ0) is 30.2. The minimum Gasteiger partial charge on any atom is -0.325 e. The van der Waals surface area contributed by atoms with Crippen molar-refractivity contribution < 1.29 is 14.4 Å². The van der Waals surface area contributed by atoms with E-state index in [0.717, 1.165) is 32.5 Å². The summed E-state index contributed by atoms with van der Waals surface area (Å²) in [4.78, 5) is 40.1. The number of anilines is 2. The third kappa shape index (κ3) is 7.78. The molecule has 0 aliphatic rings. The van der Waals surface area contributed by atoms with Gasteiger partial charge in [-0.15, -0.1) is 11.8 Å². The molecule has 214 valence electrons. The van der Waals surface area contributed by atoms with Crippen LogP contribution in [0.25, 0.3) is 16.8 Å². The number of benzene rings is 5. The van der Waals surface area contributed by atoms with Crippen molar-refractivity contribution in [3.05, 3.63) is 144 Å². The molecule has 0 saturated heterocycles. The maximum atomic E-state index is 13.5. The molecule has 0 aromatic heterocycles. The molecule has 0 spiro atoms. The van der Waals surface area contributed by atoms with Gasteiger partial charge in [0, 0.05) is 21.8 Å². The molecule has 0 heterocycles. The fourth-order valence-corrected chi connectivity index (χ4v) is 5.38. The summed E-state index contributed by atoms with van der Waals surface area (Å²) in [6.45, 7) is 3.83. The highest BCUT2D eigenvalue weighted by Gasteiger charge is 2.17. The van der Waals surface area contributed by atoms with E-state index in [-0.39, 0.29) is 22.8 Å². The lowest BCUT2D eigenvalue weighted by Gasteiger charge is -2.14. The smallest absolute Gasteiger partial charge is 0.272 e. The second-order valence-corrected chi connectivity index (χ2v) is 11.5. The monoisotopic (exact) mass is 585 g/mol. The molecule has 5 aromatic rings. The Morgan fingerprint density at radius 1 is 0.721 bits per heavy atom. The Labute approximate surface area is 255 Å². The lowest BCUT2D eigenvalue weighted by Crippen LogP contribution is -2.30. The van der Waals surface area contributed by atoms with Gasteiger partial charge in [0.2, 0.25) is 5.91 Å². The first-order chi connectivity index (χ1) is 20.9. The molecular weight excluding hydrogens is 554 g/mol. The van der Waals surface area contributed by atoms with Gasteiger partial charge >= 0.3 is 0 Å². The molecule has 1 unspecified atom stereocenters. The first kappa shape index (κ1) is 29.4. The van der Waals surface area contributed by atoms with Crippen molar-refractivity contribution >= 4 is 57.7 Å². The summed E-state index contributed by atoms with van der Waals surface area (Å²) < 4.78 is 0. The zero-order valence-electron chi connectivity index (χ0n) is 23.8. The van der Waals surface area contributed by atoms with Crippen molar-refractivity contribution in [3.8, 4) is 0 Å². The summed E-state index contributed by atoms with van der Waals surface area (Å²) in [5, 5.41) is 10.3. The van der Waals surface area contributed by atoms with Gasteiger partial charge in [0.05, 0.1) is 5.25 Å². The van der Waals surface area contributed by atoms with Crippen LogP contribution in [0.3, 0.4) is 0 Å². The number of carbonyl (C=O) groups excluding carboxylic acids is 3. The predicted molar refractivity (Wildman–Crippen MR) is 176 cm³/mol. The lowest BCUT2D eigenvalue weighted by atomic mass is 10.0. The highest BCUT2D eigenvalue weighted by atomic mass is 32.2. The van der Waals surface area contributed by atoms with Crippen LogP contribution in [0.2, 0.25) is 0 Å². The fourth-order valence-electron chi connectivity index (χ4n) is 4.51. The van der Waals surface area contributed by atoms with Crippen LogP contribution in [0.15, 0.2) is 132 Å². The van der Waals surface area contributed by atoms with Gasteiger partial charge in [-0.3, -0.25) is 14.4 Å². The summed E-state index contributed by atoms with van der Waals surface area (Å²) in [5.74, 6) is -0.930. The average molecular weight is 586 g/mol. The summed E-state index contributed by atoms with van der Waals surface area (Å²) in [6, 6.07) is 37.4. The highest BCUT2D eigenvalue weighted by Crippen LogP contribution is 2.26. The summed E-state index contributed by atoms with van der Waals surface area (Å²) in [7, 11) is 0. The van der Waals surface area contributed by atoms with Crippen molar-refractivity contribution in [2.75, 3.05) is 10.6 Å². The van der Waals surface area contributed by atoms with Gasteiger partial charge in [-0.1, -0.05) is 72.8 Å². The van der Waals surface area contributed by atoms with Gasteiger partial charge < -0.3 is 16.0 Å². The number of fused-ring (bicyclic) bond motifs is 1. The molecule has 0 saturated carbocycles. The second kappa shape index (κ2) is 13.7. The van der Waals surface area contributed by atoms with E-state index >= 15 is 0 Å². The van der Waals surface area contributed by atoms with Gasteiger partial charge in [0.15, 0.2) is 0 Å².